The molecule has 2 rings (SSSR count). The monoisotopic (exact) mass is 215 g/mol. The molecule has 2 aromatic rings. The molecule has 4 heteroatoms. The van der Waals surface area contributed by atoms with E-state index in [0.29, 0.717) is 5.56 Å². The molecular weight excluding hydrogens is 202 g/mol. The number of nitriles is 1. The van der Waals surface area contributed by atoms with Gasteiger partial charge in [-0.3, -0.25) is 9.13 Å². The molecule has 1 heterocycles. The van der Waals surface area contributed by atoms with Gasteiger partial charge in [0.15, 0.2) is 0 Å². The van der Waals surface area contributed by atoms with Gasteiger partial charge in [0.05, 0.1) is 22.7 Å². The minimum atomic E-state index is -0.0416. The van der Waals surface area contributed by atoms with Crippen LogP contribution in [-0.4, -0.2) is 9.13 Å². The molecule has 0 bridgehead atoms. The topological polar surface area (TPSA) is 50.7 Å². The van der Waals surface area contributed by atoms with E-state index in [9.17, 15) is 4.79 Å². The standard InChI is InChI=1S/C12H13N3O/c1-8(2)15-11-6-9(7-13)4-5-10(11)14(3)12(15)16/h4-6,8H,1-3H3. The molecule has 1 aromatic heterocycles. The maximum Gasteiger partial charge on any atom is 0.329 e. The van der Waals surface area contributed by atoms with Crippen LogP contribution >= 0.6 is 0 Å². The minimum absolute atomic E-state index is 0.0416. The highest BCUT2D eigenvalue weighted by Crippen LogP contribution is 2.17. The third-order valence-electron chi connectivity index (χ3n) is 2.73. The first-order chi connectivity index (χ1) is 7.56. The molecule has 0 aliphatic heterocycles. The molecule has 0 amide bonds. The lowest BCUT2D eigenvalue weighted by Crippen LogP contribution is -2.23. The summed E-state index contributed by atoms with van der Waals surface area (Å²) in [5.41, 5.74) is 2.21. The van der Waals surface area contributed by atoms with Crippen molar-refractivity contribution in [1.29, 1.82) is 5.26 Å². The first-order valence-electron chi connectivity index (χ1n) is 5.17. The zero-order chi connectivity index (χ0) is 11.9. The Labute approximate surface area is 93.3 Å². The summed E-state index contributed by atoms with van der Waals surface area (Å²) in [6.45, 7) is 3.92. The number of aromatic nitrogens is 2. The van der Waals surface area contributed by atoms with Crippen LogP contribution in [0.5, 0.6) is 0 Å². The quantitative estimate of drug-likeness (QED) is 0.728. The van der Waals surface area contributed by atoms with Crippen molar-refractivity contribution in [1.82, 2.24) is 9.13 Å². The summed E-state index contributed by atoms with van der Waals surface area (Å²) in [7, 11) is 1.75. The van der Waals surface area contributed by atoms with Crippen molar-refractivity contribution in [2.75, 3.05) is 0 Å². The van der Waals surface area contributed by atoms with E-state index in [-0.39, 0.29) is 11.7 Å². The van der Waals surface area contributed by atoms with Crippen molar-refractivity contribution in [2.24, 2.45) is 7.05 Å². The summed E-state index contributed by atoms with van der Waals surface area (Å²) in [4.78, 5) is 12.0. The SMILES string of the molecule is CC(C)n1c(=O)n(C)c2ccc(C#N)cc21. The Morgan fingerprint density at radius 2 is 2.00 bits per heavy atom. The first kappa shape index (κ1) is 10.5. The van der Waals surface area contributed by atoms with Crippen molar-refractivity contribution in [2.45, 2.75) is 19.9 Å². The number of fused-ring (bicyclic) bond motifs is 1. The lowest BCUT2D eigenvalue weighted by Gasteiger charge is -2.06. The van der Waals surface area contributed by atoms with E-state index >= 15 is 0 Å². The van der Waals surface area contributed by atoms with Crippen molar-refractivity contribution in [3.8, 4) is 6.07 Å². The van der Waals surface area contributed by atoms with Crippen LogP contribution in [0.1, 0.15) is 25.5 Å². The predicted octanol–water partition coefficient (Wildman–Crippen LogP) is 1.79. The van der Waals surface area contributed by atoms with E-state index < -0.39 is 0 Å². The fourth-order valence-corrected chi connectivity index (χ4v) is 1.94. The van der Waals surface area contributed by atoms with E-state index in [0.717, 1.165) is 11.0 Å². The van der Waals surface area contributed by atoms with Gasteiger partial charge < -0.3 is 0 Å². The second-order valence-electron chi connectivity index (χ2n) is 4.12. The fraction of sp³-hybridized carbons (Fsp3) is 0.333. The van der Waals surface area contributed by atoms with Gasteiger partial charge in [-0.2, -0.15) is 5.26 Å². The summed E-state index contributed by atoms with van der Waals surface area (Å²) in [5.74, 6) is 0. The molecule has 0 unspecified atom stereocenters. The Kier molecular flexibility index (Phi) is 2.31. The Hall–Kier alpha value is -2.02. The maximum absolute atomic E-state index is 12.0. The van der Waals surface area contributed by atoms with Crippen LogP contribution < -0.4 is 5.69 Å². The van der Waals surface area contributed by atoms with Crippen molar-refractivity contribution in [3.63, 3.8) is 0 Å². The molecule has 1 aromatic carbocycles. The van der Waals surface area contributed by atoms with Gasteiger partial charge in [-0.1, -0.05) is 0 Å². The number of aryl methyl sites for hydroxylation is 1. The molecule has 16 heavy (non-hydrogen) atoms. The zero-order valence-corrected chi connectivity index (χ0v) is 9.56. The summed E-state index contributed by atoms with van der Waals surface area (Å²) < 4.78 is 3.31. The van der Waals surface area contributed by atoms with Gasteiger partial charge in [-0.15, -0.1) is 0 Å². The van der Waals surface area contributed by atoms with E-state index in [1.165, 1.54) is 0 Å². The van der Waals surface area contributed by atoms with Gasteiger partial charge in [0.1, 0.15) is 0 Å². The lowest BCUT2D eigenvalue weighted by molar-refractivity contribution is 0.583. The molecule has 0 aliphatic carbocycles. The number of hydrogen-bond acceptors (Lipinski definition) is 2. The van der Waals surface area contributed by atoms with E-state index in [1.54, 1.807) is 28.3 Å². The lowest BCUT2D eigenvalue weighted by atomic mass is 10.2. The predicted molar refractivity (Wildman–Crippen MR) is 62.3 cm³/mol. The summed E-state index contributed by atoms with van der Waals surface area (Å²) >= 11 is 0. The van der Waals surface area contributed by atoms with Gasteiger partial charge in [-0.25, -0.2) is 4.79 Å². The highest BCUT2D eigenvalue weighted by molar-refractivity contribution is 5.77. The minimum Gasteiger partial charge on any atom is -0.295 e. The van der Waals surface area contributed by atoms with Crippen LogP contribution in [0.4, 0.5) is 0 Å². The van der Waals surface area contributed by atoms with Crippen LogP contribution in [-0.2, 0) is 7.05 Å². The number of benzene rings is 1. The van der Waals surface area contributed by atoms with Gasteiger partial charge in [0.2, 0.25) is 0 Å². The Bertz CT molecular complexity index is 641. The summed E-state index contributed by atoms with van der Waals surface area (Å²) in [6.07, 6.45) is 0. The molecule has 0 fully saturated rings. The van der Waals surface area contributed by atoms with E-state index in [2.05, 4.69) is 6.07 Å². The van der Waals surface area contributed by atoms with Gasteiger partial charge >= 0.3 is 5.69 Å². The molecule has 0 saturated carbocycles. The van der Waals surface area contributed by atoms with Gasteiger partial charge in [0, 0.05) is 13.1 Å². The average molecular weight is 215 g/mol. The van der Waals surface area contributed by atoms with E-state index in [4.69, 9.17) is 5.26 Å². The van der Waals surface area contributed by atoms with Crippen LogP contribution in [0.15, 0.2) is 23.0 Å². The maximum atomic E-state index is 12.0. The second kappa shape index (κ2) is 3.53. The third kappa shape index (κ3) is 1.33. The highest BCUT2D eigenvalue weighted by Gasteiger charge is 2.12. The average Bonchev–Trinajstić information content (AvgIpc) is 2.51. The molecule has 0 atom stereocenters. The van der Waals surface area contributed by atoms with Gasteiger partial charge in [0.25, 0.3) is 0 Å². The molecule has 0 N–H and O–H groups in total. The molecule has 0 spiro atoms. The van der Waals surface area contributed by atoms with Crippen LogP contribution in [0.3, 0.4) is 0 Å². The fourth-order valence-electron chi connectivity index (χ4n) is 1.94. The first-order valence-corrected chi connectivity index (χ1v) is 5.17. The number of nitrogens with zero attached hydrogens (tertiary/aromatic N) is 3. The Balaban J connectivity index is 2.94. The zero-order valence-electron chi connectivity index (χ0n) is 9.56. The number of imidazole rings is 1. The van der Waals surface area contributed by atoms with Gasteiger partial charge in [-0.05, 0) is 32.0 Å². The number of rotatable bonds is 1. The largest absolute Gasteiger partial charge is 0.329 e. The highest BCUT2D eigenvalue weighted by atomic mass is 16.1. The molecule has 0 radical (unpaired) electrons. The molecule has 0 aliphatic rings. The Morgan fingerprint density at radius 1 is 1.31 bits per heavy atom. The van der Waals surface area contributed by atoms with Crippen LogP contribution in [0, 0.1) is 11.3 Å². The second-order valence-corrected chi connectivity index (χ2v) is 4.12. The molecule has 82 valence electrons. The summed E-state index contributed by atoms with van der Waals surface area (Å²) in [5, 5.41) is 8.86. The normalized spacial score (nSPS) is 10.9. The molecule has 0 saturated heterocycles. The van der Waals surface area contributed by atoms with Crippen molar-refractivity contribution < 1.29 is 0 Å². The summed E-state index contributed by atoms with van der Waals surface area (Å²) in [6, 6.07) is 7.48. The third-order valence-corrected chi connectivity index (χ3v) is 2.73. The van der Waals surface area contributed by atoms with Crippen LogP contribution in [0.2, 0.25) is 0 Å². The van der Waals surface area contributed by atoms with E-state index in [1.807, 2.05) is 19.9 Å². The van der Waals surface area contributed by atoms with Crippen LogP contribution in [0.25, 0.3) is 11.0 Å². The Morgan fingerprint density at radius 3 is 2.56 bits per heavy atom. The van der Waals surface area contributed by atoms with Crippen molar-refractivity contribution >= 4 is 11.0 Å². The number of hydrogen-bond donors (Lipinski definition) is 0. The molecular formula is C12H13N3O. The molecule has 4 nitrogen and oxygen atoms in total. The smallest absolute Gasteiger partial charge is 0.295 e. The van der Waals surface area contributed by atoms with Crippen molar-refractivity contribution in [3.05, 3.63) is 34.2 Å².